The molecule has 0 spiro atoms. The number of carbonyl (C=O) groups excluding carboxylic acids is 3. The molecule has 0 aliphatic heterocycles. The minimum Gasteiger partial charge on any atom is -0.480 e. The van der Waals surface area contributed by atoms with Crippen molar-refractivity contribution in [1.29, 1.82) is 0 Å². The van der Waals surface area contributed by atoms with Gasteiger partial charge in [0.25, 0.3) is 0 Å². The Morgan fingerprint density at radius 3 is 2.04 bits per heavy atom. The van der Waals surface area contributed by atoms with Gasteiger partial charge in [-0.1, -0.05) is 0 Å². The standard InChI is InChI=1S/C12H22N4O6S/c1-5(13)10(20)15-7(4-23)11(21)16-9(6(2)17)12(22)14-3-8(18)19/h5-7,9,17,23H,3-4,13H2,1-2H3,(H,14,22)(H,15,20)(H,16,21)(H,18,19). The van der Waals surface area contributed by atoms with Gasteiger partial charge in [-0.05, 0) is 13.8 Å². The van der Waals surface area contributed by atoms with Gasteiger partial charge in [0.15, 0.2) is 0 Å². The molecule has 3 amide bonds. The molecule has 0 aromatic heterocycles. The molecule has 0 aliphatic rings. The van der Waals surface area contributed by atoms with Crippen molar-refractivity contribution in [3.8, 4) is 0 Å². The van der Waals surface area contributed by atoms with Gasteiger partial charge in [-0.2, -0.15) is 12.6 Å². The molecule has 0 aromatic carbocycles. The second kappa shape index (κ2) is 10.0. The van der Waals surface area contributed by atoms with Crippen molar-refractivity contribution in [3.63, 3.8) is 0 Å². The number of aliphatic hydroxyl groups is 1. The topological polar surface area (TPSA) is 171 Å². The number of hydrogen-bond donors (Lipinski definition) is 7. The average molecular weight is 350 g/mol. The Labute approximate surface area is 138 Å². The smallest absolute Gasteiger partial charge is 0.322 e. The van der Waals surface area contributed by atoms with Crippen LogP contribution in [0.15, 0.2) is 0 Å². The van der Waals surface area contributed by atoms with Crippen LogP contribution in [0.3, 0.4) is 0 Å². The number of thiol groups is 1. The van der Waals surface area contributed by atoms with Gasteiger partial charge in [-0.3, -0.25) is 19.2 Å². The number of rotatable bonds is 9. The zero-order valence-corrected chi connectivity index (χ0v) is 13.7. The van der Waals surface area contributed by atoms with E-state index in [1.165, 1.54) is 13.8 Å². The van der Waals surface area contributed by atoms with E-state index in [1.807, 2.05) is 5.32 Å². The SMILES string of the molecule is CC(N)C(=O)NC(CS)C(=O)NC(C(=O)NCC(=O)O)C(C)O. The number of carboxylic acids is 1. The minimum atomic E-state index is -1.38. The molecule has 0 bridgehead atoms. The van der Waals surface area contributed by atoms with Gasteiger partial charge >= 0.3 is 5.97 Å². The van der Waals surface area contributed by atoms with Gasteiger partial charge in [0.05, 0.1) is 12.1 Å². The number of aliphatic hydroxyl groups excluding tert-OH is 1. The molecule has 0 aliphatic carbocycles. The first-order chi connectivity index (χ1) is 10.6. The van der Waals surface area contributed by atoms with Crippen molar-refractivity contribution >= 4 is 36.3 Å². The number of nitrogens with one attached hydrogen (secondary N) is 3. The van der Waals surface area contributed by atoms with E-state index >= 15 is 0 Å². The van der Waals surface area contributed by atoms with Gasteiger partial charge in [-0.15, -0.1) is 0 Å². The Morgan fingerprint density at radius 2 is 1.65 bits per heavy atom. The molecule has 4 atom stereocenters. The van der Waals surface area contributed by atoms with Crippen LogP contribution in [-0.4, -0.2) is 70.4 Å². The predicted octanol–water partition coefficient (Wildman–Crippen LogP) is -3.19. The van der Waals surface area contributed by atoms with Crippen LogP contribution in [0.5, 0.6) is 0 Å². The lowest BCUT2D eigenvalue weighted by Crippen LogP contribution is -2.59. The van der Waals surface area contributed by atoms with Gasteiger partial charge in [0.2, 0.25) is 17.7 Å². The molecule has 4 unspecified atom stereocenters. The number of hydrogen-bond acceptors (Lipinski definition) is 7. The average Bonchev–Trinajstić information content (AvgIpc) is 2.46. The molecule has 0 radical (unpaired) electrons. The lowest BCUT2D eigenvalue weighted by Gasteiger charge is -2.24. The first kappa shape index (κ1) is 21.1. The largest absolute Gasteiger partial charge is 0.480 e. The van der Waals surface area contributed by atoms with Crippen LogP contribution in [-0.2, 0) is 19.2 Å². The number of aliphatic carboxylic acids is 1. The summed E-state index contributed by atoms with van der Waals surface area (Å²) < 4.78 is 0. The van der Waals surface area contributed by atoms with E-state index in [-0.39, 0.29) is 5.75 Å². The molecule has 0 rings (SSSR count). The third kappa shape index (κ3) is 7.81. The molecule has 132 valence electrons. The van der Waals surface area contributed by atoms with Gasteiger partial charge in [0.1, 0.15) is 18.6 Å². The molecule has 0 saturated heterocycles. The van der Waals surface area contributed by atoms with E-state index < -0.39 is 54.5 Å². The van der Waals surface area contributed by atoms with Crippen LogP contribution < -0.4 is 21.7 Å². The van der Waals surface area contributed by atoms with Crippen molar-refractivity contribution in [3.05, 3.63) is 0 Å². The van der Waals surface area contributed by atoms with E-state index in [2.05, 4.69) is 23.3 Å². The summed E-state index contributed by atoms with van der Waals surface area (Å²) in [6, 6.07) is -3.28. The molecule has 0 saturated carbocycles. The highest BCUT2D eigenvalue weighted by Gasteiger charge is 2.29. The third-order valence-corrected chi connectivity index (χ3v) is 3.07. The Morgan fingerprint density at radius 1 is 1.09 bits per heavy atom. The predicted molar refractivity (Wildman–Crippen MR) is 83.7 cm³/mol. The van der Waals surface area contributed by atoms with Crippen LogP contribution in [0.4, 0.5) is 0 Å². The summed E-state index contributed by atoms with van der Waals surface area (Å²) in [5, 5.41) is 24.7. The highest BCUT2D eigenvalue weighted by atomic mass is 32.1. The normalized spacial score (nSPS) is 15.7. The quantitative estimate of drug-likeness (QED) is 0.215. The maximum atomic E-state index is 12.1. The molecule has 0 fully saturated rings. The molecule has 7 N–H and O–H groups in total. The molecular weight excluding hydrogens is 328 g/mol. The van der Waals surface area contributed by atoms with E-state index in [0.29, 0.717) is 0 Å². The second-order valence-corrected chi connectivity index (χ2v) is 5.24. The maximum absolute atomic E-state index is 12.1. The lowest BCUT2D eigenvalue weighted by atomic mass is 10.1. The molecule has 10 nitrogen and oxygen atoms in total. The highest BCUT2D eigenvalue weighted by molar-refractivity contribution is 7.80. The minimum absolute atomic E-state index is 0.0619. The molecule has 11 heteroatoms. The summed E-state index contributed by atoms with van der Waals surface area (Å²) in [6.07, 6.45) is -1.28. The first-order valence-corrected chi connectivity index (χ1v) is 7.38. The number of nitrogens with two attached hydrogens (primary N) is 1. The summed E-state index contributed by atoms with van der Waals surface area (Å²) in [5.41, 5.74) is 5.38. The second-order valence-electron chi connectivity index (χ2n) is 4.87. The van der Waals surface area contributed by atoms with Crippen molar-refractivity contribution in [2.24, 2.45) is 5.73 Å². The zero-order valence-electron chi connectivity index (χ0n) is 12.8. The van der Waals surface area contributed by atoms with Gasteiger partial charge in [-0.25, -0.2) is 0 Å². The van der Waals surface area contributed by atoms with Crippen molar-refractivity contribution in [2.75, 3.05) is 12.3 Å². The van der Waals surface area contributed by atoms with Gasteiger partial charge in [0, 0.05) is 5.75 Å². The van der Waals surface area contributed by atoms with Crippen molar-refractivity contribution in [1.82, 2.24) is 16.0 Å². The fraction of sp³-hybridized carbons (Fsp3) is 0.667. The summed E-state index contributed by atoms with van der Waals surface area (Å²) in [7, 11) is 0. The van der Waals surface area contributed by atoms with Crippen LogP contribution in [0, 0.1) is 0 Å². The van der Waals surface area contributed by atoms with Crippen LogP contribution in [0.25, 0.3) is 0 Å². The third-order valence-electron chi connectivity index (χ3n) is 2.71. The van der Waals surface area contributed by atoms with Crippen LogP contribution in [0.1, 0.15) is 13.8 Å². The molecule has 23 heavy (non-hydrogen) atoms. The summed E-state index contributed by atoms with van der Waals surface area (Å²) in [4.78, 5) is 45.8. The molecular formula is C12H22N4O6S. The van der Waals surface area contributed by atoms with Crippen LogP contribution >= 0.6 is 12.6 Å². The Hall–Kier alpha value is -1.85. The first-order valence-electron chi connectivity index (χ1n) is 6.74. The highest BCUT2D eigenvalue weighted by Crippen LogP contribution is 1.97. The Kier molecular flexibility index (Phi) is 9.22. The summed E-state index contributed by atoms with van der Waals surface area (Å²) in [6.45, 7) is 2.03. The van der Waals surface area contributed by atoms with E-state index in [0.717, 1.165) is 0 Å². The summed E-state index contributed by atoms with van der Waals surface area (Å²) >= 11 is 3.93. The maximum Gasteiger partial charge on any atom is 0.322 e. The Balaban J connectivity index is 4.84. The number of carboxylic acid groups (broad SMARTS) is 1. The van der Waals surface area contributed by atoms with Crippen molar-refractivity contribution in [2.45, 2.75) is 38.1 Å². The zero-order chi connectivity index (χ0) is 18.2. The van der Waals surface area contributed by atoms with Gasteiger partial charge < -0.3 is 31.9 Å². The number of carbonyl (C=O) groups is 4. The van der Waals surface area contributed by atoms with E-state index in [9.17, 15) is 24.3 Å². The summed E-state index contributed by atoms with van der Waals surface area (Å²) in [5.74, 6) is -3.54. The lowest BCUT2D eigenvalue weighted by molar-refractivity contribution is -0.139. The fourth-order valence-corrected chi connectivity index (χ4v) is 1.69. The molecule has 0 aromatic rings. The molecule has 0 heterocycles. The monoisotopic (exact) mass is 350 g/mol. The van der Waals surface area contributed by atoms with Crippen molar-refractivity contribution < 1.29 is 29.4 Å². The van der Waals surface area contributed by atoms with E-state index in [4.69, 9.17) is 10.8 Å². The Bertz CT molecular complexity index is 457. The fourth-order valence-electron chi connectivity index (χ4n) is 1.43. The van der Waals surface area contributed by atoms with Crippen LogP contribution in [0.2, 0.25) is 0 Å². The van der Waals surface area contributed by atoms with E-state index in [1.54, 1.807) is 0 Å². The number of amides is 3.